The number of nitrogens with zero attached hydrogens (tertiary/aromatic N) is 1. The number of amides is 1. The topological polar surface area (TPSA) is 46.6 Å². The lowest BCUT2D eigenvalue weighted by Crippen LogP contribution is -2.46. The van der Waals surface area contributed by atoms with E-state index in [4.69, 9.17) is 4.74 Å². The van der Waals surface area contributed by atoms with Crippen LogP contribution in [0.25, 0.3) is 0 Å². The van der Waals surface area contributed by atoms with Gasteiger partial charge in [-0.05, 0) is 30.9 Å². The summed E-state index contributed by atoms with van der Waals surface area (Å²) in [6.45, 7) is 1.14. The van der Waals surface area contributed by atoms with E-state index in [1.807, 2.05) is 18.2 Å². The summed E-state index contributed by atoms with van der Waals surface area (Å²) in [4.78, 5) is 25.8. The van der Waals surface area contributed by atoms with Crippen molar-refractivity contribution < 1.29 is 14.3 Å². The Morgan fingerprint density at radius 2 is 2.00 bits per heavy atom. The fourth-order valence-electron chi connectivity index (χ4n) is 2.85. The van der Waals surface area contributed by atoms with E-state index in [2.05, 4.69) is 0 Å². The van der Waals surface area contributed by atoms with E-state index in [9.17, 15) is 9.59 Å². The standard InChI is InChI=1S/C14H15NO3/c16-13(11-4-2-1-3-5-11)15-8-6-10-7-9-18-14(17)12(10)15/h1-5,10,12H,6-9H2/t10-,12-/m0/s1. The van der Waals surface area contributed by atoms with E-state index >= 15 is 0 Å². The average molecular weight is 245 g/mol. The lowest BCUT2D eigenvalue weighted by molar-refractivity contribution is -0.154. The number of ether oxygens (including phenoxy) is 1. The van der Waals surface area contributed by atoms with Gasteiger partial charge in [-0.15, -0.1) is 0 Å². The zero-order valence-corrected chi connectivity index (χ0v) is 10.0. The Morgan fingerprint density at radius 3 is 2.78 bits per heavy atom. The summed E-state index contributed by atoms with van der Waals surface area (Å²) in [6.07, 6.45) is 1.77. The van der Waals surface area contributed by atoms with Crippen molar-refractivity contribution in [3.05, 3.63) is 35.9 Å². The van der Waals surface area contributed by atoms with Crippen molar-refractivity contribution >= 4 is 11.9 Å². The molecule has 2 aliphatic heterocycles. The van der Waals surface area contributed by atoms with Crippen molar-refractivity contribution in [3.8, 4) is 0 Å². The van der Waals surface area contributed by atoms with Gasteiger partial charge in [0.25, 0.3) is 5.91 Å². The molecule has 0 aliphatic carbocycles. The summed E-state index contributed by atoms with van der Waals surface area (Å²) in [6, 6.07) is 8.73. The van der Waals surface area contributed by atoms with Crippen molar-refractivity contribution in [1.29, 1.82) is 0 Å². The highest BCUT2D eigenvalue weighted by Gasteiger charge is 2.44. The molecular weight excluding hydrogens is 230 g/mol. The summed E-state index contributed by atoms with van der Waals surface area (Å²) in [5.74, 6) is -0.0334. The second-order valence-electron chi connectivity index (χ2n) is 4.81. The second kappa shape index (κ2) is 4.44. The smallest absolute Gasteiger partial charge is 0.329 e. The molecule has 0 saturated carbocycles. The molecule has 4 nitrogen and oxygen atoms in total. The van der Waals surface area contributed by atoms with Gasteiger partial charge < -0.3 is 9.64 Å². The van der Waals surface area contributed by atoms with Crippen LogP contribution in [0.5, 0.6) is 0 Å². The number of fused-ring (bicyclic) bond motifs is 1. The second-order valence-corrected chi connectivity index (χ2v) is 4.81. The maximum Gasteiger partial charge on any atom is 0.329 e. The predicted molar refractivity (Wildman–Crippen MR) is 64.9 cm³/mol. The monoisotopic (exact) mass is 245 g/mol. The summed E-state index contributed by atoms with van der Waals surface area (Å²) in [5.41, 5.74) is 0.636. The van der Waals surface area contributed by atoms with Crippen LogP contribution < -0.4 is 0 Å². The normalized spacial score (nSPS) is 26.7. The summed E-state index contributed by atoms with van der Waals surface area (Å²) in [5, 5.41) is 0. The summed E-state index contributed by atoms with van der Waals surface area (Å²) >= 11 is 0. The van der Waals surface area contributed by atoms with Gasteiger partial charge in [-0.1, -0.05) is 18.2 Å². The number of hydrogen-bond donors (Lipinski definition) is 0. The number of cyclic esters (lactones) is 1. The number of esters is 1. The van der Waals surface area contributed by atoms with E-state index in [0.717, 1.165) is 12.8 Å². The highest BCUT2D eigenvalue weighted by atomic mass is 16.5. The van der Waals surface area contributed by atoms with Gasteiger partial charge >= 0.3 is 5.97 Å². The number of benzene rings is 1. The fraction of sp³-hybridized carbons (Fsp3) is 0.429. The summed E-state index contributed by atoms with van der Waals surface area (Å²) < 4.78 is 5.08. The van der Waals surface area contributed by atoms with E-state index in [0.29, 0.717) is 18.7 Å². The Labute approximate surface area is 106 Å². The van der Waals surface area contributed by atoms with Crippen LogP contribution >= 0.6 is 0 Å². The third-order valence-corrected chi connectivity index (χ3v) is 3.78. The van der Waals surface area contributed by atoms with E-state index in [1.54, 1.807) is 17.0 Å². The van der Waals surface area contributed by atoms with Crippen molar-refractivity contribution in [3.63, 3.8) is 0 Å². The van der Waals surface area contributed by atoms with Crippen LogP contribution in [0.4, 0.5) is 0 Å². The van der Waals surface area contributed by atoms with E-state index in [1.165, 1.54) is 0 Å². The third kappa shape index (κ3) is 1.78. The molecule has 0 spiro atoms. The number of hydrogen-bond acceptors (Lipinski definition) is 3. The van der Waals surface area contributed by atoms with Crippen molar-refractivity contribution in [2.24, 2.45) is 5.92 Å². The summed E-state index contributed by atoms with van der Waals surface area (Å²) in [7, 11) is 0. The number of carbonyl (C=O) groups excluding carboxylic acids is 2. The molecule has 1 aromatic rings. The third-order valence-electron chi connectivity index (χ3n) is 3.78. The molecule has 3 rings (SSSR count). The maximum atomic E-state index is 12.4. The number of rotatable bonds is 1. The lowest BCUT2D eigenvalue weighted by atomic mass is 9.95. The lowest BCUT2D eigenvalue weighted by Gasteiger charge is -2.29. The van der Waals surface area contributed by atoms with Crippen LogP contribution in [0.3, 0.4) is 0 Å². The maximum absolute atomic E-state index is 12.4. The van der Waals surface area contributed by atoms with Gasteiger partial charge in [0.05, 0.1) is 6.61 Å². The minimum absolute atomic E-state index is 0.0676. The Hall–Kier alpha value is -1.84. The highest BCUT2D eigenvalue weighted by molar-refractivity contribution is 5.97. The average Bonchev–Trinajstić information content (AvgIpc) is 2.84. The van der Waals surface area contributed by atoms with E-state index < -0.39 is 0 Å². The minimum Gasteiger partial charge on any atom is -0.464 e. The predicted octanol–water partition coefficient (Wildman–Crippen LogP) is 1.46. The van der Waals surface area contributed by atoms with Crippen LogP contribution in [0.2, 0.25) is 0 Å². The SMILES string of the molecule is O=C1OCC[C@@H]2CCN(C(=O)c3ccccc3)[C@H]12. The number of likely N-dealkylation sites (tertiary alicyclic amines) is 1. The van der Waals surface area contributed by atoms with Gasteiger partial charge in [0.2, 0.25) is 0 Å². The molecular formula is C14H15NO3. The van der Waals surface area contributed by atoms with Crippen molar-refractivity contribution in [2.75, 3.05) is 13.2 Å². The van der Waals surface area contributed by atoms with Gasteiger partial charge in [-0.3, -0.25) is 4.79 Å². The number of carbonyl (C=O) groups is 2. The zero-order chi connectivity index (χ0) is 12.5. The van der Waals surface area contributed by atoms with Crippen LogP contribution in [-0.4, -0.2) is 36.0 Å². The molecule has 1 aromatic carbocycles. The molecule has 0 aromatic heterocycles. The molecule has 4 heteroatoms. The fourth-order valence-corrected chi connectivity index (χ4v) is 2.85. The van der Waals surface area contributed by atoms with Crippen molar-refractivity contribution in [2.45, 2.75) is 18.9 Å². The Bertz CT molecular complexity index is 471. The van der Waals surface area contributed by atoms with Gasteiger partial charge in [-0.2, -0.15) is 0 Å². The Kier molecular flexibility index (Phi) is 2.78. The highest BCUT2D eigenvalue weighted by Crippen LogP contribution is 2.32. The van der Waals surface area contributed by atoms with Gasteiger partial charge in [0.15, 0.2) is 0 Å². The molecule has 0 unspecified atom stereocenters. The first-order chi connectivity index (χ1) is 8.77. The van der Waals surface area contributed by atoms with Crippen LogP contribution in [0.15, 0.2) is 30.3 Å². The van der Waals surface area contributed by atoms with Crippen LogP contribution in [-0.2, 0) is 9.53 Å². The quantitative estimate of drug-likeness (QED) is 0.704. The molecule has 94 valence electrons. The molecule has 2 saturated heterocycles. The van der Waals surface area contributed by atoms with Gasteiger partial charge in [-0.25, -0.2) is 4.79 Å². The molecule has 2 fully saturated rings. The molecule has 0 N–H and O–H groups in total. The zero-order valence-electron chi connectivity index (χ0n) is 10.0. The first kappa shape index (κ1) is 11.3. The Balaban J connectivity index is 1.84. The molecule has 2 heterocycles. The van der Waals surface area contributed by atoms with Gasteiger partial charge in [0.1, 0.15) is 6.04 Å². The Morgan fingerprint density at radius 1 is 1.22 bits per heavy atom. The van der Waals surface area contributed by atoms with E-state index in [-0.39, 0.29) is 23.8 Å². The first-order valence-corrected chi connectivity index (χ1v) is 6.30. The van der Waals surface area contributed by atoms with Crippen LogP contribution in [0, 0.1) is 5.92 Å². The molecule has 2 aliphatic rings. The molecule has 1 amide bonds. The molecule has 0 radical (unpaired) electrons. The van der Waals surface area contributed by atoms with Crippen molar-refractivity contribution in [1.82, 2.24) is 4.90 Å². The molecule has 2 atom stereocenters. The van der Waals surface area contributed by atoms with Gasteiger partial charge in [0, 0.05) is 12.1 Å². The van der Waals surface area contributed by atoms with Crippen LogP contribution in [0.1, 0.15) is 23.2 Å². The first-order valence-electron chi connectivity index (χ1n) is 6.30. The minimum atomic E-state index is -0.369. The molecule has 18 heavy (non-hydrogen) atoms. The largest absolute Gasteiger partial charge is 0.464 e. The molecule has 0 bridgehead atoms.